The summed E-state index contributed by atoms with van der Waals surface area (Å²) in [5.74, 6) is 1.76. The molecule has 5 heteroatoms. The van der Waals surface area contributed by atoms with Crippen LogP contribution in [-0.4, -0.2) is 22.8 Å². The Hall–Kier alpha value is -1.91. The van der Waals surface area contributed by atoms with Gasteiger partial charge in [0.2, 0.25) is 11.8 Å². The van der Waals surface area contributed by atoms with Crippen molar-refractivity contribution in [2.24, 2.45) is 23.7 Å². The van der Waals surface area contributed by atoms with Gasteiger partial charge in [0.1, 0.15) is 11.9 Å². The minimum atomic E-state index is -0.548. The van der Waals surface area contributed by atoms with Crippen LogP contribution in [0.1, 0.15) is 59.1 Å². The highest BCUT2D eigenvalue weighted by molar-refractivity contribution is 5.97. The molecule has 26 heavy (non-hydrogen) atoms. The molecule has 2 rings (SSSR count). The second kappa shape index (κ2) is 9.15. The molecule has 0 aliphatic heterocycles. The van der Waals surface area contributed by atoms with Crippen molar-refractivity contribution in [3.63, 3.8) is 0 Å². The summed E-state index contributed by atoms with van der Waals surface area (Å²) in [5.41, 5.74) is 0.842. The molecule has 1 aliphatic rings. The van der Waals surface area contributed by atoms with E-state index in [1.54, 1.807) is 6.07 Å². The number of nitrogens with one attached hydrogen (secondary N) is 2. The number of hydrogen-bond acceptors (Lipinski definition) is 3. The summed E-state index contributed by atoms with van der Waals surface area (Å²) in [4.78, 5) is 29.7. The number of amides is 2. The maximum absolute atomic E-state index is 12.7. The summed E-state index contributed by atoms with van der Waals surface area (Å²) in [6, 6.07) is 4.95. The molecule has 1 heterocycles. The number of carbonyl (C=O) groups excluding carboxylic acids is 2. The van der Waals surface area contributed by atoms with E-state index in [0.717, 1.165) is 37.3 Å². The molecule has 5 nitrogen and oxygen atoms in total. The van der Waals surface area contributed by atoms with Crippen molar-refractivity contribution in [3.8, 4) is 0 Å². The van der Waals surface area contributed by atoms with Gasteiger partial charge in [0, 0.05) is 11.6 Å². The average molecular weight is 360 g/mol. The summed E-state index contributed by atoms with van der Waals surface area (Å²) >= 11 is 0. The van der Waals surface area contributed by atoms with Gasteiger partial charge in [-0.2, -0.15) is 0 Å². The molecule has 1 atom stereocenters. The third-order valence-corrected chi connectivity index (χ3v) is 5.47. The molecule has 0 aromatic carbocycles. The lowest BCUT2D eigenvalue weighted by atomic mass is 9.76. The lowest BCUT2D eigenvalue weighted by molar-refractivity contribution is -0.131. The Bertz CT molecular complexity index is 619. The van der Waals surface area contributed by atoms with Crippen LogP contribution in [0.25, 0.3) is 0 Å². The standard InChI is InChI=1S/C21H33N3O2/c1-13(2)16-9-11-17(12-10-16)20(25)24-19(14(3)4)21(26)23-18-8-6-7-15(5)22-18/h6-8,13-14,16-17,19H,9-12H2,1-5H3,(H,24,25)(H,22,23,26). The lowest BCUT2D eigenvalue weighted by Crippen LogP contribution is -2.49. The maximum atomic E-state index is 12.7. The molecule has 0 radical (unpaired) electrons. The summed E-state index contributed by atoms with van der Waals surface area (Å²) in [5, 5.41) is 5.82. The molecular weight excluding hydrogens is 326 g/mol. The fraction of sp³-hybridized carbons (Fsp3) is 0.667. The number of aromatic nitrogens is 1. The number of pyridine rings is 1. The van der Waals surface area contributed by atoms with E-state index in [9.17, 15) is 9.59 Å². The first-order chi connectivity index (χ1) is 12.3. The Morgan fingerprint density at radius 2 is 1.73 bits per heavy atom. The lowest BCUT2D eigenvalue weighted by Gasteiger charge is -2.31. The van der Waals surface area contributed by atoms with Crippen molar-refractivity contribution >= 4 is 17.6 Å². The predicted molar refractivity (Wildman–Crippen MR) is 105 cm³/mol. The quantitative estimate of drug-likeness (QED) is 0.808. The molecule has 0 saturated heterocycles. The normalized spacial score (nSPS) is 21.5. The van der Waals surface area contributed by atoms with Gasteiger partial charge in [0.05, 0.1) is 0 Å². The highest BCUT2D eigenvalue weighted by Gasteiger charge is 2.31. The van der Waals surface area contributed by atoms with Gasteiger partial charge in [-0.05, 0) is 62.5 Å². The third-order valence-electron chi connectivity index (χ3n) is 5.47. The maximum Gasteiger partial charge on any atom is 0.248 e. The predicted octanol–water partition coefficient (Wildman–Crippen LogP) is 3.93. The minimum Gasteiger partial charge on any atom is -0.344 e. The van der Waals surface area contributed by atoms with Crippen LogP contribution in [0.3, 0.4) is 0 Å². The van der Waals surface area contributed by atoms with Crippen molar-refractivity contribution < 1.29 is 9.59 Å². The summed E-state index contributed by atoms with van der Waals surface area (Å²) in [6.45, 7) is 10.3. The van der Waals surface area contributed by atoms with Gasteiger partial charge in [0.15, 0.2) is 0 Å². The van der Waals surface area contributed by atoms with E-state index in [1.807, 2.05) is 32.9 Å². The summed E-state index contributed by atoms with van der Waals surface area (Å²) in [6.07, 6.45) is 4.03. The van der Waals surface area contributed by atoms with Crippen molar-refractivity contribution in [1.29, 1.82) is 0 Å². The first kappa shape index (κ1) is 20.4. The fourth-order valence-electron chi connectivity index (χ4n) is 3.67. The van der Waals surface area contributed by atoms with E-state index in [1.165, 1.54) is 0 Å². The Kier molecular flexibility index (Phi) is 7.18. The molecule has 2 amide bonds. The zero-order valence-electron chi connectivity index (χ0n) is 16.7. The van der Waals surface area contributed by atoms with Crippen LogP contribution in [0.2, 0.25) is 0 Å². The van der Waals surface area contributed by atoms with Crippen molar-refractivity contribution in [1.82, 2.24) is 10.3 Å². The van der Waals surface area contributed by atoms with Crippen LogP contribution in [-0.2, 0) is 9.59 Å². The van der Waals surface area contributed by atoms with E-state index >= 15 is 0 Å². The average Bonchev–Trinajstić information content (AvgIpc) is 2.59. The summed E-state index contributed by atoms with van der Waals surface area (Å²) in [7, 11) is 0. The molecular formula is C21H33N3O2. The molecule has 0 spiro atoms. The largest absolute Gasteiger partial charge is 0.344 e. The number of carbonyl (C=O) groups is 2. The number of nitrogens with zero attached hydrogens (tertiary/aromatic N) is 1. The summed E-state index contributed by atoms with van der Waals surface area (Å²) < 4.78 is 0. The van der Waals surface area contributed by atoms with Crippen molar-refractivity contribution in [2.45, 2.75) is 66.3 Å². The first-order valence-corrected chi connectivity index (χ1v) is 9.82. The van der Waals surface area contributed by atoms with Crippen LogP contribution < -0.4 is 10.6 Å². The van der Waals surface area contributed by atoms with E-state index in [-0.39, 0.29) is 23.7 Å². The van der Waals surface area contributed by atoms with Gasteiger partial charge in [-0.15, -0.1) is 0 Å². The monoisotopic (exact) mass is 359 g/mol. The Morgan fingerprint density at radius 3 is 2.27 bits per heavy atom. The topological polar surface area (TPSA) is 71.1 Å². The zero-order chi connectivity index (χ0) is 19.3. The second-order valence-corrected chi connectivity index (χ2v) is 8.24. The van der Waals surface area contributed by atoms with E-state index in [0.29, 0.717) is 11.7 Å². The van der Waals surface area contributed by atoms with Crippen LogP contribution in [0.5, 0.6) is 0 Å². The van der Waals surface area contributed by atoms with Gasteiger partial charge in [0.25, 0.3) is 0 Å². The Morgan fingerprint density at radius 1 is 1.08 bits per heavy atom. The minimum absolute atomic E-state index is 0.00997. The van der Waals surface area contributed by atoms with E-state index < -0.39 is 6.04 Å². The molecule has 1 saturated carbocycles. The molecule has 1 aliphatic carbocycles. The zero-order valence-corrected chi connectivity index (χ0v) is 16.7. The highest BCUT2D eigenvalue weighted by Crippen LogP contribution is 2.33. The van der Waals surface area contributed by atoms with E-state index in [4.69, 9.17) is 0 Å². The SMILES string of the molecule is Cc1cccc(NC(=O)C(NC(=O)C2CCC(C(C)C)CC2)C(C)C)n1. The molecule has 1 aromatic heterocycles. The number of anilines is 1. The van der Waals surface area contributed by atoms with Crippen molar-refractivity contribution in [3.05, 3.63) is 23.9 Å². The number of rotatable bonds is 6. The van der Waals surface area contributed by atoms with Gasteiger partial charge < -0.3 is 10.6 Å². The third kappa shape index (κ3) is 5.55. The smallest absolute Gasteiger partial charge is 0.248 e. The van der Waals surface area contributed by atoms with Gasteiger partial charge >= 0.3 is 0 Å². The van der Waals surface area contributed by atoms with Crippen molar-refractivity contribution in [2.75, 3.05) is 5.32 Å². The van der Waals surface area contributed by atoms with Gasteiger partial charge in [-0.1, -0.05) is 33.8 Å². The van der Waals surface area contributed by atoms with Gasteiger partial charge in [-0.25, -0.2) is 4.98 Å². The molecule has 2 N–H and O–H groups in total. The molecule has 144 valence electrons. The van der Waals surface area contributed by atoms with Gasteiger partial charge in [-0.3, -0.25) is 9.59 Å². The Balaban J connectivity index is 1.95. The van der Waals surface area contributed by atoms with E-state index in [2.05, 4.69) is 29.5 Å². The number of hydrogen-bond donors (Lipinski definition) is 2. The van der Waals surface area contributed by atoms with Crippen LogP contribution >= 0.6 is 0 Å². The van der Waals surface area contributed by atoms with Crippen LogP contribution in [0, 0.1) is 30.6 Å². The Labute approximate surface area is 157 Å². The first-order valence-electron chi connectivity index (χ1n) is 9.82. The second-order valence-electron chi connectivity index (χ2n) is 8.24. The number of aryl methyl sites for hydroxylation is 1. The molecule has 0 bridgehead atoms. The van der Waals surface area contributed by atoms with Crippen LogP contribution in [0.15, 0.2) is 18.2 Å². The highest BCUT2D eigenvalue weighted by atomic mass is 16.2. The van der Waals surface area contributed by atoms with Crippen LogP contribution in [0.4, 0.5) is 5.82 Å². The molecule has 1 aromatic rings. The fourth-order valence-corrected chi connectivity index (χ4v) is 3.67. The molecule has 1 unspecified atom stereocenters. The molecule has 1 fully saturated rings.